The number of hydrogen-bond donors (Lipinski definition) is 2. The average molecular weight is 371 g/mol. The van der Waals surface area contributed by atoms with E-state index in [9.17, 15) is 18.4 Å². The van der Waals surface area contributed by atoms with Crippen LogP contribution in [-0.2, 0) is 12.6 Å². The summed E-state index contributed by atoms with van der Waals surface area (Å²) >= 11 is 0. The number of aromatic amines is 1. The van der Waals surface area contributed by atoms with Crippen LogP contribution in [0.15, 0.2) is 36.7 Å². The number of nitriles is 1. The maximum Gasteiger partial charge on any atom is 0.416 e. The molecular weight excluding hydrogens is 355 g/mol. The van der Waals surface area contributed by atoms with Crippen LogP contribution in [0.1, 0.15) is 23.6 Å². The Labute approximate surface area is 153 Å². The van der Waals surface area contributed by atoms with Crippen molar-refractivity contribution in [3.05, 3.63) is 53.3 Å². The largest absolute Gasteiger partial charge is 0.416 e. The molecule has 0 fully saturated rings. The van der Waals surface area contributed by atoms with E-state index >= 15 is 0 Å². The van der Waals surface area contributed by atoms with Crippen molar-refractivity contribution < 1.29 is 13.2 Å². The molecule has 3 rings (SSSR count). The molecule has 8 heteroatoms. The summed E-state index contributed by atoms with van der Waals surface area (Å²) in [6, 6.07) is 8.90. The minimum Gasteiger partial charge on any atom is -0.373 e. The molecule has 0 saturated heterocycles. The van der Waals surface area contributed by atoms with E-state index in [1.165, 1.54) is 12.4 Å². The van der Waals surface area contributed by atoms with Gasteiger partial charge in [-0.25, -0.2) is 9.97 Å². The van der Waals surface area contributed by atoms with Crippen LogP contribution in [0.4, 0.5) is 19.0 Å². The van der Waals surface area contributed by atoms with Crippen LogP contribution in [0.2, 0.25) is 0 Å². The number of rotatable bonds is 4. The lowest BCUT2D eigenvalue weighted by Gasteiger charge is -2.12. The molecule has 0 spiro atoms. The maximum atomic E-state index is 13.2. The van der Waals surface area contributed by atoms with Gasteiger partial charge < -0.3 is 10.3 Å². The number of nitrogens with one attached hydrogen (secondary N) is 2. The Morgan fingerprint density at radius 1 is 1.19 bits per heavy atom. The topological polar surface area (TPSA) is 77.4 Å². The van der Waals surface area contributed by atoms with Crippen LogP contribution >= 0.6 is 0 Å². The molecule has 0 aliphatic rings. The second-order valence-electron chi connectivity index (χ2n) is 5.85. The molecule has 27 heavy (non-hydrogen) atoms. The third kappa shape index (κ3) is 3.62. The molecule has 0 saturated carbocycles. The van der Waals surface area contributed by atoms with Gasteiger partial charge in [-0.3, -0.25) is 0 Å². The summed E-state index contributed by atoms with van der Waals surface area (Å²) in [6.07, 6.45) is -2.56. The predicted octanol–water partition coefficient (Wildman–Crippen LogP) is 4.63. The van der Waals surface area contributed by atoms with Crippen LogP contribution in [0, 0.1) is 11.3 Å². The van der Waals surface area contributed by atoms with Gasteiger partial charge in [-0.05, 0) is 30.2 Å². The molecule has 0 aliphatic carbocycles. The normalized spacial score (nSPS) is 11.3. The highest BCUT2D eigenvalue weighted by molar-refractivity contribution is 5.76. The third-order valence-corrected chi connectivity index (χ3v) is 4.22. The Balaban J connectivity index is 2.18. The van der Waals surface area contributed by atoms with Gasteiger partial charge >= 0.3 is 6.18 Å². The van der Waals surface area contributed by atoms with Crippen molar-refractivity contribution >= 4 is 5.82 Å². The Kier molecular flexibility index (Phi) is 4.86. The lowest BCUT2D eigenvalue weighted by atomic mass is 9.97. The van der Waals surface area contributed by atoms with Crippen molar-refractivity contribution in [1.82, 2.24) is 15.0 Å². The van der Waals surface area contributed by atoms with Gasteiger partial charge in [-0.15, -0.1) is 0 Å². The quantitative estimate of drug-likeness (QED) is 0.701. The van der Waals surface area contributed by atoms with Crippen molar-refractivity contribution in [3.63, 3.8) is 0 Å². The van der Waals surface area contributed by atoms with Gasteiger partial charge in [0.25, 0.3) is 0 Å². The molecule has 0 bridgehead atoms. The molecule has 0 aliphatic heterocycles. The van der Waals surface area contributed by atoms with E-state index in [1.54, 1.807) is 19.2 Å². The number of alkyl halides is 3. The molecule has 0 radical (unpaired) electrons. The van der Waals surface area contributed by atoms with E-state index in [2.05, 4.69) is 26.3 Å². The summed E-state index contributed by atoms with van der Waals surface area (Å²) in [5, 5.41) is 12.4. The molecule has 2 N–H and O–H groups in total. The van der Waals surface area contributed by atoms with E-state index < -0.39 is 11.7 Å². The van der Waals surface area contributed by atoms with Gasteiger partial charge in [0.1, 0.15) is 18.2 Å². The Hall–Kier alpha value is -3.34. The summed E-state index contributed by atoms with van der Waals surface area (Å²) in [5.41, 5.74) is 1.98. The first-order chi connectivity index (χ1) is 12.9. The molecule has 1 aromatic carbocycles. The summed E-state index contributed by atoms with van der Waals surface area (Å²) < 4.78 is 39.5. The Bertz CT molecular complexity index is 1010. The van der Waals surface area contributed by atoms with Crippen molar-refractivity contribution in [2.45, 2.75) is 19.5 Å². The molecule has 138 valence electrons. The minimum absolute atomic E-state index is 0.253. The first kappa shape index (κ1) is 18.5. The molecule has 5 nitrogen and oxygen atoms in total. The van der Waals surface area contributed by atoms with Crippen LogP contribution < -0.4 is 5.32 Å². The first-order valence-electron chi connectivity index (χ1n) is 8.21. The maximum absolute atomic E-state index is 13.2. The summed E-state index contributed by atoms with van der Waals surface area (Å²) in [7, 11) is 1.71. The van der Waals surface area contributed by atoms with Crippen LogP contribution in [0.3, 0.4) is 0 Å². The third-order valence-electron chi connectivity index (χ3n) is 4.22. The summed E-state index contributed by atoms with van der Waals surface area (Å²) in [4.78, 5) is 11.3. The van der Waals surface area contributed by atoms with Gasteiger partial charge in [0.05, 0.1) is 28.2 Å². The second-order valence-corrected chi connectivity index (χ2v) is 5.85. The SMILES string of the molecule is CCc1ccc(C(F)(F)F)cc1-c1[nH]c(-c2cc(NC)ncn2)cc1C#N. The molecule has 0 atom stereocenters. The number of aryl methyl sites for hydroxylation is 1. The monoisotopic (exact) mass is 371 g/mol. The number of aromatic nitrogens is 3. The van der Waals surface area contributed by atoms with Crippen LogP contribution in [0.25, 0.3) is 22.6 Å². The average Bonchev–Trinajstić information content (AvgIpc) is 3.11. The molecule has 2 heterocycles. The van der Waals surface area contributed by atoms with Crippen molar-refractivity contribution in [2.75, 3.05) is 12.4 Å². The zero-order valence-corrected chi connectivity index (χ0v) is 14.6. The van der Waals surface area contributed by atoms with Crippen LogP contribution in [0.5, 0.6) is 0 Å². The zero-order valence-electron chi connectivity index (χ0n) is 14.6. The number of hydrogen-bond acceptors (Lipinski definition) is 4. The molecule has 2 aromatic heterocycles. The molecule has 0 unspecified atom stereocenters. The molecule has 0 amide bonds. The number of benzene rings is 1. The Morgan fingerprint density at radius 2 is 1.96 bits per heavy atom. The summed E-state index contributed by atoms with van der Waals surface area (Å²) in [5.74, 6) is 0.586. The highest BCUT2D eigenvalue weighted by Crippen LogP contribution is 2.36. The highest BCUT2D eigenvalue weighted by Gasteiger charge is 2.31. The predicted molar refractivity (Wildman–Crippen MR) is 95.9 cm³/mol. The lowest BCUT2D eigenvalue weighted by Crippen LogP contribution is -2.06. The minimum atomic E-state index is -4.46. The number of anilines is 1. The first-order valence-corrected chi connectivity index (χ1v) is 8.21. The fourth-order valence-corrected chi connectivity index (χ4v) is 2.83. The van der Waals surface area contributed by atoms with Crippen LogP contribution in [-0.4, -0.2) is 22.0 Å². The standard InChI is InChI=1S/C19H16F3N5/c1-3-11-4-5-13(19(20,21)22)7-14(11)18-12(9-23)6-16(27-18)15-8-17(24-2)26-10-25-15/h4-8,10,27H,3H2,1-2H3,(H,24,25,26). The van der Waals surface area contributed by atoms with Crippen molar-refractivity contribution in [3.8, 4) is 28.7 Å². The van der Waals surface area contributed by atoms with Gasteiger partial charge in [0, 0.05) is 18.7 Å². The fraction of sp³-hybridized carbons (Fsp3) is 0.211. The van der Waals surface area contributed by atoms with Gasteiger partial charge in [0.15, 0.2) is 0 Å². The van der Waals surface area contributed by atoms with E-state index in [4.69, 9.17) is 0 Å². The smallest absolute Gasteiger partial charge is 0.373 e. The summed E-state index contributed by atoms with van der Waals surface area (Å²) in [6.45, 7) is 1.85. The Morgan fingerprint density at radius 3 is 2.59 bits per heavy atom. The second kappa shape index (κ2) is 7.11. The van der Waals surface area contributed by atoms with E-state index in [0.717, 1.165) is 12.1 Å². The van der Waals surface area contributed by atoms with E-state index in [0.29, 0.717) is 40.4 Å². The number of nitrogens with zero attached hydrogens (tertiary/aromatic N) is 3. The van der Waals surface area contributed by atoms with Crippen molar-refractivity contribution in [1.29, 1.82) is 5.26 Å². The molecular formula is C19H16F3N5. The van der Waals surface area contributed by atoms with E-state index in [1.807, 2.05) is 6.92 Å². The lowest BCUT2D eigenvalue weighted by molar-refractivity contribution is -0.137. The van der Waals surface area contributed by atoms with Crippen molar-refractivity contribution in [2.24, 2.45) is 0 Å². The number of H-pyrrole nitrogens is 1. The van der Waals surface area contributed by atoms with Gasteiger partial charge in [-0.1, -0.05) is 13.0 Å². The molecule has 3 aromatic rings. The van der Waals surface area contributed by atoms with Gasteiger partial charge in [0.2, 0.25) is 0 Å². The zero-order chi connectivity index (χ0) is 19.6. The number of halogens is 3. The highest BCUT2D eigenvalue weighted by atomic mass is 19.4. The fourth-order valence-electron chi connectivity index (χ4n) is 2.83. The van der Waals surface area contributed by atoms with Gasteiger partial charge in [-0.2, -0.15) is 18.4 Å². The van der Waals surface area contributed by atoms with E-state index in [-0.39, 0.29) is 5.56 Å².